The first kappa shape index (κ1) is 8.41. The van der Waals surface area contributed by atoms with E-state index in [2.05, 4.69) is 9.97 Å². The number of nitrogens with one attached hydrogen (secondary N) is 1. The van der Waals surface area contributed by atoms with Crippen LogP contribution in [0, 0.1) is 0 Å². The highest BCUT2D eigenvalue weighted by Gasteiger charge is 2.02. The second-order valence-electron chi connectivity index (χ2n) is 2.05. The number of aromatic nitrogens is 2. The van der Waals surface area contributed by atoms with Crippen molar-refractivity contribution in [2.75, 3.05) is 5.48 Å². The summed E-state index contributed by atoms with van der Waals surface area (Å²) >= 11 is 0. The fraction of sp³-hybridized carbons (Fsp3) is 0.167. The van der Waals surface area contributed by atoms with Crippen molar-refractivity contribution in [3.05, 3.63) is 18.0 Å². The van der Waals surface area contributed by atoms with E-state index in [1.807, 2.05) is 0 Å². The summed E-state index contributed by atoms with van der Waals surface area (Å²) in [6.07, 6.45) is 1.18. The molecule has 6 heteroatoms. The monoisotopic (exact) mass is 169 g/mol. The van der Waals surface area contributed by atoms with E-state index in [1.165, 1.54) is 12.3 Å². The fourth-order valence-corrected chi connectivity index (χ4v) is 0.703. The zero-order chi connectivity index (χ0) is 8.97. The van der Waals surface area contributed by atoms with Gasteiger partial charge < -0.3 is 5.11 Å². The highest BCUT2D eigenvalue weighted by Crippen LogP contribution is 1.99. The van der Waals surface area contributed by atoms with E-state index in [1.54, 1.807) is 5.48 Å². The van der Waals surface area contributed by atoms with Crippen molar-refractivity contribution >= 4 is 11.9 Å². The third-order valence-electron chi connectivity index (χ3n) is 1.15. The van der Waals surface area contributed by atoms with Crippen molar-refractivity contribution < 1.29 is 15.1 Å². The maximum atomic E-state index is 10.2. The molecule has 0 aliphatic rings. The third-order valence-corrected chi connectivity index (χ3v) is 1.15. The Morgan fingerprint density at radius 3 is 3.00 bits per heavy atom. The second-order valence-corrected chi connectivity index (χ2v) is 2.05. The van der Waals surface area contributed by atoms with Gasteiger partial charge in [0.15, 0.2) is 0 Å². The maximum absolute atomic E-state index is 10.2. The molecule has 1 aromatic rings. The average Bonchev–Trinajstić information content (AvgIpc) is 2.03. The van der Waals surface area contributed by atoms with Gasteiger partial charge in [-0.3, -0.25) is 10.0 Å². The van der Waals surface area contributed by atoms with E-state index in [0.717, 1.165) is 0 Å². The van der Waals surface area contributed by atoms with Gasteiger partial charge in [-0.25, -0.2) is 15.4 Å². The van der Waals surface area contributed by atoms with Gasteiger partial charge in [0.25, 0.3) is 0 Å². The lowest BCUT2D eigenvalue weighted by atomic mass is 10.3. The molecule has 0 unspecified atom stereocenters. The summed E-state index contributed by atoms with van der Waals surface area (Å²) in [4.78, 5) is 17.5. The summed E-state index contributed by atoms with van der Waals surface area (Å²) in [7, 11) is 0. The van der Waals surface area contributed by atoms with Crippen LogP contribution in [0.3, 0.4) is 0 Å². The first-order chi connectivity index (χ1) is 5.72. The molecule has 0 saturated heterocycles. The van der Waals surface area contributed by atoms with Crippen LogP contribution in [0.2, 0.25) is 0 Å². The summed E-state index contributed by atoms with van der Waals surface area (Å²) in [5.41, 5.74) is 2.07. The first-order valence-electron chi connectivity index (χ1n) is 3.16. The molecule has 0 bridgehead atoms. The molecule has 0 radical (unpaired) electrons. The molecule has 0 atom stereocenters. The van der Waals surface area contributed by atoms with Crippen molar-refractivity contribution in [2.45, 2.75) is 6.42 Å². The van der Waals surface area contributed by atoms with Gasteiger partial charge in [0.1, 0.15) is 0 Å². The molecule has 1 heterocycles. The first-order valence-corrected chi connectivity index (χ1v) is 3.16. The Kier molecular flexibility index (Phi) is 2.54. The number of carboxylic acid groups (broad SMARTS) is 1. The zero-order valence-electron chi connectivity index (χ0n) is 6.06. The molecule has 1 aromatic heterocycles. The van der Waals surface area contributed by atoms with Crippen LogP contribution in [0.15, 0.2) is 12.3 Å². The van der Waals surface area contributed by atoms with Crippen LogP contribution in [0.4, 0.5) is 5.95 Å². The van der Waals surface area contributed by atoms with E-state index in [9.17, 15) is 4.79 Å². The molecule has 12 heavy (non-hydrogen) atoms. The van der Waals surface area contributed by atoms with Crippen molar-refractivity contribution in [1.82, 2.24) is 9.97 Å². The van der Waals surface area contributed by atoms with Crippen LogP contribution in [0.1, 0.15) is 5.69 Å². The Bertz CT molecular complexity index is 289. The maximum Gasteiger partial charge on any atom is 0.309 e. The van der Waals surface area contributed by atoms with Gasteiger partial charge in [-0.15, -0.1) is 0 Å². The Hall–Kier alpha value is -1.69. The minimum atomic E-state index is -0.974. The van der Waals surface area contributed by atoms with Gasteiger partial charge in [-0.2, -0.15) is 0 Å². The van der Waals surface area contributed by atoms with Crippen LogP contribution in [-0.4, -0.2) is 26.3 Å². The van der Waals surface area contributed by atoms with Gasteiger partial charge in [0.2, 0.25) is 5.95 Å². The molecule has 3 N–H and O–H groups in total. The smallest absolute Gasteiger partial charge is 0.309 e. The summed E-state index contributed by atoms with van der Waals surface area (Å²) in [5.74, 6) is -0.980. The van der Waals surface area contributed by atoms with E-state index in [0.29, 0.717) is 5.69 Å². The van der Waals surface area contributed by atoms with Crippen LogP contribution >= 0.6 is 0 Å². The largest absolute Gasteiger partial charge is 0.481 e. The normalized spacial score (nSPS) is 9.42. The number of aliphatic carboxylic acids is 1. The summed E-state index contributed by atoms with van der Waals surface area (Å²) in [5, 5.41) is 16.8. The van der Waals surface area contributed by atoms with E-state index >= 15 is 0 Å². The number of carboxylic acids is 1. The Balaban J connectivity index is 2.79. The molecule has 0 amide bonds. The zero-order valence-corrected chi connectivity index (χ0v) is 6.06. The number of nitrogens with zero attached hydrogens (tertiary/aromatic N) is 2. The molecule has 1 rings (SSSR count). The molecular formula is C6H7N3O3. The van der Waals surface area contributed by atoms with Gasteiger partial charge >= 0.3 is 5.97 Å². The lowest BCUT2D eigenvalue weighted by Gasteiger charge is -1.98. The Labute approximate surface area is 67.9 Å². The predicted octanol–water partition coefficient (Wildman–Crippen LogP) is -0.0952. The quantitative estimate of drug-likeness (QED) is 0.547. The number of carbonyl (C=O) groups is 1. The van der Waals surface area contributed by atoms with Gasteiger partial charge in [-0.05, 0) is 6.07 Å². The van der Waals surface area contributed by atoms with Crippen LogP contribution < -0.4 is 5.48 Å². The number of rotatable bonds is 3. The van der Waals surface area contributed by atoms with Gasteiger partial charge in [0, 0.05) is 6.20 Å². The number of hydrogen-bond donors (Lipinski definition) is 3. The van der Waals surface area contributed by atoms with Crippen molar-refractivity contribution in [3.8, 4) is 0 Å². The van der Waals surface area contributed by atoms with Gasteiger partial charge in [-0.1, -0.05) is 0 Å². The van der Waals surface area contributed by atoms with Crippen molar-refractivity contribution in [2.24, 2.45) is 0 Å². The Morgan fingerprint density at radius 1 is 1.67 bits per heavy atom. The van der Waals surface area contributed by atoms with Gasteiger partial charge in [0.05, 0.1) is 12.1 Å². The molecule has 0 aliphatic heterocycles. The average molecular weight is 169 g/mol. The van der Waals surface area contributed by atoms with Crippen LogP contribution in [-0.2, 0) is 11.2 Å². The topological polar surface area (TPSA) is 95.3 Å². The molecular weight excluding hydrogens is 162 g/mol. The molecule has 0 aliphatic carbocycles. The lowest BCUT2D eigenvalue weighted by Crippen LogP contribution is -2.05. The molecule has 0 aromatic carbocycles. The van der Waals surface area contributed by atoms with Crippen molar-refractivity contribution in [3.63, 3.8) is 0 Å². The molecule has 0 saturated carbocycles. The van der Waals surface area contributed by atoms with Crippen molar-refractivity contribution in [1.29, 1.82) is 0 Å². The second kappa shape index (κ2) is 3.63. The fourth-order valence-electron chi connectivity index (χ4n) is 0.703. The minimum Gasteiger partial charge on any atom is -0.481 e. The van der Waals surface area contributed by atoms with Crippen LogP contribution in [0.5, 0.6) is 0 Å². The lowest BCUT2D eigenvalue weighted by molar-refractivity contribution is -0.136. The van der Waals surface area contributed by atoms with Crippen LogP contribution in [0.25, 0.3) is 0 Å². The predicted molar refractivity (Wildman–Crippen MR) is 38.8 cm³/mol. The summed E-state index contributed by atoms with van der Waals surface area (Å²) < 4.78 is 0. The summed E-state index contributed by atoms with van der Waals surface area (Å²) in [6.45, 7) is 0. The molecule has 0 spiro atoms. The highest BCUT2D eigenvalue weighted by molar-refractivity contribution is 5.69. The SMILES string of the molecule is O=C(O)Cc1ccnc(NO)n1. The molecule has 0 fully saturated rings. The number of hydrogen-bond acceptors (Lipinski definition) is 5. The standard InChI is InChI=1S/C6H7N3O3/c10-5(11)3-4-1-2-7-6(8-4)9-12/h1-2,12H,3H2,(H,10,11)(H,7,8,9). The number of anilines is 1. The van der Waals surface area contributed by atoms with E-state index in [4.69, 9.17) is 10.3 Å². The third kappa shape index (κ3) is 2.17. The highest BCUT2D eigenvalue weighted by atomic mass is 16.5. The molecule has 6 nitrogen and oxygen atoms in total. The van der Waals surface area contributed by atoms with E-state index in [-0.39, 0.29) is 12.4 Å². The Morgan fingerprint density at radius 2 is 2.42 bits per heavy atom. The molecule has 64 valence electrons. The summed E-state index contributed by atoms with van der Waals surface area (Å²) in [6, 6.07) is 1.47. The minimum absolute atomic E-state index is 0.00579. The van der Waals surface area contributed by atoms with E-state index < -0.39 is 5.97 Å².